The molecule has 0 radical (unpaired) electrons. The molecule has 1 aromatic rings. The molecule has 17 heavy (non-hydrogen) atoms. The Morgan fingerprint density at radius 3 is 2.29 bits per heavy atom. The normalized spacial score (nSPS) is 12.8. The Morgan fingerprint density at radius 2 is 1.76 bits per heavy atom. The first-order chi connectivity index (χ1) is 8.04. The highest BCUT2D eigenvalue weighted by Gasteiger charge is 2.10. The zero-order valence-corrected chi connectivity index (χ0v) is 11.4. The summed E-state index contributed by atoms with van der Waals surface area (Å²) in [6, 6.07) is 4.36. The molecule has 0 aliphatic rings. The van der Waals surface area contributed by atoms with Crippen LogP contribution in [0.4, 0.5) is 0 Å². The standard InChI is InChI=1S/C15H24O2/c1-5-17-7-6-14(16)10-15-12(3)8-11(2)9-13(15)4/h8-9,14,16H,5-7,10H2,1-4H3. The number of benzene rings is 1. The number of hydrogen-bond acceptors (Lipinski definition) is 2. The number of aliphatic hydroxyl groups excluding tert-OH is 1. The summed E-state index contributed by atoms with van der Waals surface area (Å²) in [6.45, 7) is 9.67. The van der Waals surface area contributed by atoms with E-state index in [4.69, 9.17) is 4.74 Å². The summed E-state index contributed by atoms with van der Waals surface area (Å²) in [4.78, 5) is 0. The van der Waals surface area contributed by atoms with Gasteiger partial charge < -0.3 is 9.84 Å². The second-order valence-electron chi connectivity index (χ2n) is 4.72. The molecule has 0 bridgehead atoms. The molecule has 1 N–H and O–H groups in total. The van der Waals surface area contributed by atoms with Crippen molar-refractivity contribution in [3.8, 4) is 0 Å². The van der Waals surface area contributed by atoms with Crippen molar-refractivity contribution in [1.29, 1.82) is 0 Å². The summed E-state index contributed by atoms with van der Waals surface area (Å²) in [5, 5.41) is 9.97. The lowest BCUT2D eigenvalue weighted by Crippen LogP contribution is -2.15. The fourth-order valence-corrected chi connectivity index (χ4v) is 2.23. The predicted molar refractivity (Wildman–Crippen MR) is 71.5 cm³/mol. The van der Waals surface area contributed by atoms with Gasteiger partial charge in [-0.15, -0.1) is 0 Å². The molecule has 0 spiro atoms. The summed E-state index contributed by atoms with van der Waals surface area (Å²) in [7, 11) is 0. The fourth-order valence-electron chi connectivity index (χ4n) is 2.23. The van der Waals surface area contributed by atoms with E-state index in [1.165, 1.54) is 22.3 Å². The molecule has 0 aromatic heterocycles. The minimum atomic E-state index is -0.304. The molecule has 0 aliphatic carbocycles. The van der Waals surface area contributed by atoms with Gasteiger partial charge in [0.2, 0.25) is 0 Å². The van der Waals surface area contributed by atoms with Gasteiger partial charge in [0.1, 0.15) is 0 Å². The maximum Gasteiger partial charge on any atom is 0.0602 e. The maximum atomic E-state index is 9.97. The van der Waals surface area contributed by atoms with E-state index in [-0.39, 0.29) is 6.10 Å². The molecule has 1 aromatic carbocycles. The summed E-state index contributed by atoms with van der Waals surface area (Å²) in [5.41, 5.74) is 5.11. The van der Waals surface area contributed by atoms with Crippen molar-refractivity contribution < 1.29 is 9.84 Å². The predicted octanol–water partition coefficient (Wildman–Crippen LogP) is 2.94. The summed E-state index contributed by atoms with van der Waals surface area (Å²) in [6.07, 6.45) is 1.13. The Bertz CT molecular complexity index is 335. The van der Waals surface area contributed by atoms with Gasteiger partial charge in [-0.1, -0.05) is 17.7 Å². The minimum Gasteiger partial charge on any atom is -0.393 e. The van der Waals surface area contributed by atoms with Crippen molar-refractivity contribution >= 4 is 0 Å². The Labute approximate surface area is 105 Å². The molecule has 1 atom stereocenters. The van der Waals surface area contributed by atoms with E-state index in [9.17, 15) is 5.11 Å². The van der Waals surface area contributed by atoms with Crippen LogP contribution in [0, 0.1) is 20.8 Å². The van der Waals surface area contributed by atoms with Crippen LogP contribution in [0.3, 0.4) is 0 Å². The average Bonchev–Trinajstić information content (AvgIpc) is 2.24. The smallest absolute Gasteiger partial charge is 0.0602 e. The van der Waals surface area contributed by atoms with Crippen molar-refractivity contribution in [2.45, 2.75) is 46.6 Å². The number of rotatable bonds is 6. The summed E-state index contributed by atoms with van der Waals surface area (Å²) < 4.78 is 5.26. The van der Waals surface area contributed by atoms with Gasteiger partial charge in [0.05, 0.1) is 6.10 Å². The molecule has 0 fully saturated rings. The second-order valence-corrected chi connectivity index (χ2v) is 4.72. The van der Waals surface area contributed by atoms with E-state index in [1.54, 1.807) is 0 Å². The zero-order chi connectivity index (χ0) is 12.8. The van der Waals surface area contributed by atoms with Gasteiger partial charge >= 0.3 is 0 Å². The molecule has 1 rings (SSSR count). The van der Waals surface area contributed by atoms with Crippen molar-refractivity contribution in [2.24, 2.45) is 0 Å². The first kappa shape index (κ1) is 14.2. The second kappa shape index (κ2) is 6.77. The van der Waals surface area contributed by atoms with E-state index in [0.29, 0.717) is 13.0 Å². The monoisotopic (exact) mass is 236 g/mol. The Hall–Kier alpha value is -0.860. The van der Waals surface area contributed by atoms with Crippen LogP contribution in [0.25, 0.3) is 0 Å². The quantitative estimate of drug-likeness (QED) is 0.769. The van der Waals surface area contributed by atoms with Gasteiger partial charge in [-0.3, -0.25) is 0 Å². The number of aryl methyl sites for hydroxylation is 3. The lowest BCUT2D eigenvalue weighted by atomic mass is 9.94. The van der Waals surface area contributed by atoms with Crippen LogP contribution in [-0.2, 0) is 11.2 Å². The van der Waals surface area contributed by atoms with Gasteiger partial charge in [-0.25, -0.2) is 0 Å². The van der Waals surface area contributed by atoms with Crippen LogP contribution in [0.1, 0.15) is 35.6 Å². The van der Waals surface area contributed by atoms with E-state index < -0.39 is 0 Å². The van der Waals surface area contributed by atoms with Crippen molar-refractivity contribution in [1.82, 2.24) is 0 Å². The van der Waals surface area contributed by atoms with Crippen molar-refractivity contribution in [2.75, 3.05) is 13.2 Å². The van der Waals surface area contributed by atoms with Crippen LogP contribution in [0.5, 0.6) is 0 Å². The average molecular weight is 236 g/mol. The number of hydrogen-bond donors (Lipinski definition) is 1. The van der Waals surface area contributed by atoms with Gasteiger partial charge in [-0.05, 0) is 57.2 Å². The number of ether oxygens (including phenoxy) is 1. The molecule has 0 heterocycles. The maximum absolute atomic E-state index is 9.97. The lowest BCUT2D eigenvalue weighted by Gasteiger charge is -2.15. The number of aliphatic hydroxyl groups is 1. The minimum absolute atomic E-state index is 0.304. The van der Waals surface area contributed by atoms with Gasteiger partial charge in [0, 0.05) is 13.2 Å². The SMILES string of the molecule is CCOCCC(O)Cc1c(C)cc(C)cc1C. The zero-order valence-electron chi connectivity index (χ0n) is 11.4. The van der Waals surface area contributed by atoms with Gasteiger partial charge in [0.25, 0.3) is 0 Å². The molecule has 96 valence electrons. The molecule has 1 unspecified atom stereocenters. The van der Waals surface area contributed by atoms with E-state index in [2.05, 4.69) is 32.9 Å². The first-order valence-electron chi connectivity index (χ1n) is 6.37. The molecule has 0 saturated heterocycles. The molecule has 0 amide bonds. The third-order valence-corrected chi connectivity index (χ3v) is 3.08. The molecule has 0 aliphatic heterocycles. The van der Waals surface area contributed by atoms with Crippen LogP contribution in [0.2, 0.25) is 0 Å². The molecule has 2 heteroatoms. The fraction of sp³-hybridized carbons (Fsp3) is 0.600. The van der Waals surface area contributed by atoms with Crippen molar-refractivity contribution in [3.05, 3.63) is 34.4 Å². The van der Waals surface area contributed by atoms with Crippen LogP contribution >= 0.6 is 0 Å². The largest absolute Gasteiger partial charge is 0.393 e. The summed E-state index contributed by atoms with van der Waals surface area (Å²) >= 11 is 0. The highest BCUT2D eigenvalue weighted by molar-refractivity contribution is 5.37. The summed E-state index contributed by atoms with van der Waals surface area (Å²) in [5.74, 6) is 0. The topological polar surface area (TPSA) is 29.5 Å². The van der Waals surface area contributed by atoms with Crippen LogP contribution in [-0.4, -0.2) is 24.4 Å². The van der Waals surface area contributed by atoms with E-state index in [1.807, 2.05) is 6.92 Å². The van der Waals surface area contributed by atoms with E-state index in [0.717, 1.165) is 13.0 Å². The van der Waals surface area contributed by atoms with Crippen LogP contribution < -0.4 is 0 Å². The third kappa shape index (κ3) is 4.49. The molecular formula is C15H24O2. The first-order valence-corrected chi connectivity index (χ1v) is 6.37. The highest BCUT2D eigenvalue weighted by atomic mass is 16.5. The molecular weight excluding hydrogens is 212 g/mol. The Kier molecular flexibility index (Phi) is 5.66. The van der Waals surface area contributed by atoms with Crippen molar-refractivity contribution in [3.63, 3.8) is 0 Å². The lowest BCUT2D eigenvalue weighted by molar-refractivity contribution is 0.0886. The van der Waals surface area contributed by atoms with Gasteiger partial charge in [0.15, 0.2) is 0 Å². The van der Waals surface area contributed by atoms with Crippen LogP contribution in [0.15, 0.2) is 12.1 Å². The highest BCUT2D eigenvalue weighted by Crippen LogP contribution is 2.18. The van der Waals surface area contributed by atoms with E-state index >= 15 is 0 Å². The van der Waals surface area contributed by atoms with Gasteiger partial charge in [-0.2, -0.15) is 0 Å². The molecule has 0 saturated carbocycles. The third-order valence-electron chi connectivity index (χ3n) is 3.08. The molecule has 2 nitrogen and oxygen atoms in total. The Balaban J connectivity index is 2.61. The Morgan fingerprint density at radius 1 is 1.18 bits per heavy atom.